The molecule has 2 aromatic heterocycles. The molecule has 0 atom stereocenters. The third-order valence-corrected chi connectivity index (χ3v) is 7.28. The van der Waals surface area contributed by atoms with Gasteiger partial charge in [-0.3, -0.25) is 14.2 Å². The molecular weight excluding hydrogens is 498 g/mol. The van der Waals surface area contributed by atoms with Gasteiger partial charge in [0, 0.05) is 37.0 Å². The van der Waals surface area contributed by atoms with E-state index < -0.39 is 5.91 Å². The minimum Gasteiger partial charge on any atom is -0.378 e. The molecule has 0 aliphatic carbocycles. The van der Waals surface area contributed by atoms with Crippen LogP contribution in [0.5, 0.6) is 0 Å². The third kappa shape index (κ3) is 5.00. The SMILES string of the molecule is C=CCn1c(=O)/c(=C\c2cn(-c3ccccc3)nc2-c2ccccc2)s/c1=C(\C#N)C(=O)N1CCOCC1. The summed E-state index contributed by atoms with van der Waals surface area (Å²) in [6, 6.07) is 21.5. The quantitative estimate of drug-likeness (QED) is 0.362. The zero-order chi connectivity index (χ0) is 26.5. The molecule has 0 bridgehead atoms. The number of hydrogen-bond acceptors (Lipinski definition) is 6. The van der Waals surface area contributed by atoms with Crippen molar-refractivity contribution in [1.29, 1.82) is 5.26 Å². The van der Waals surface area contributed by atoms with Gasteiger partial charge in [0.05, 0.1) is 29.1 Å². The Morgan fingerprint density at radius 1 is 1.11 bits per heavy atom. The Kier molecular flexibility index (Phi) is 7.45. The van der Waals surface area contributed by atoms with E-state index in [0.29, 0.717) is 41.2 Å². The Labute approximate surface area is 223 Å². The average molecular weight is 524 g/mol. The Bertz CT molecular complexity index is 1690. The molecule has 0 N–H and O–H groups in total. The number of nitrogens with zero attached hydrogens (tertiary/aromatic N) is 5. The van der Waals surface area contributed by atoms with Gasteiger partial charge in [0.15, 0.2) is 5.57 Å². The van der Waals surface area contributed by atoms with Crippen LogP contribution in [0.4, 0.5) is 0 Å². The number of nitriles is 1. The molecule has 3 heterocycles. The fourth-order valence-electron chi connectivity index (χ4n) is 4.28. The van der Waals surface area contributed by atoms with Gasteiger partial charge in [0.1, 0.15) is 10.7 Å². The summed E-state index contributed by atoms with van der Waals surface area (Å²) >= 11 is 1.13. The predicted molar refractivity (Wildman–Crippen MR) is 147 cm³/mol. The van der Waals surface area contributed by atoms with Crippen molar-refractivity contribution >= 4 is 28.9 Å². The number of para-hydroxylation sites is 1. The van der Waals surface area contributed by atoms with Gasteiger partial charge in [0.2, 0.25) is 0 Å². The van der Waals surface area contributed by atoms with Gasteiger partial charge < -0.3 is 9.64 Å². The molecule has 0 spiro atoms. The summed E-state index contributed by atoms with van der Waals surface area (Å²) in [5, 5.41) is 14.8. The molecule has 9 heteroatoms. The van der Waals surface area contributed by atoms with Crippen molar-refractivity contribution in [3.8, 4) is 23.0 Å². The van der Waals surface area contributed by atoms with Crippen molar-refractivity contribution in [2.75, 3.05) is 26.3 Å². The van der Waals surface area contributed by atoms with E-state index in [1.807, 2.05) is 66.9 Å². The minimum absolute atomic E-state index is 0.0567. The van der Waals surface area contributed by atoms with E-state index in [0.717, 1.165) is 28.2 Å². The van der Waals surface area contributed by atoms with Crippen molar-refractivity contribution < 1.29 is 9.53 Å². The third-order valence-electron chi connectivity index (χ3n) is 6.15. The number of allylic oxidation sites excluding steroid dienone is 1. The maximum atomic E-state index is 13.5. The van der Waals surface area contributed by atoms with Crippen LogP contribution in [0.1, 0.15) is 5.56 Å². The maximum Gasteiger partial charge on any atom is 0.269 e. The molecule has 1 fully saturated rings. The largest absolute Gasteiger partial charge is 0.378 e. The van der Waals surface area contributed by atoms with E-state index in [4.69, 9.17) is 9.84 Å². The first-order valence-electron chi connectivity index (χ1n) is 12.1. The number of aromatic nitrogens is 3. The number of carbonyl (C=O) groups excluding carboxylic acids is 1. The molecule has 190 valence electrons. The van der Waals surface area contributed by atoms with Gasteiger partial charge in [-0.25, -0.2) is 4.68 Å². The van der Waals surface area contributed by atoms with E-state index in [-0.39, 0.29) is 17.7 Å². The summed E-state index contributed by atoms with van der Waals surface area (Å²) in [6.45, 7) is 5.57. The van der Waals surface area contributed by atoms with Gasteiger partial charge in [-0.05, 0) is 18.2 Å². The molecule has 1 aliphatic rings. The van der Waals surface area contributed by atoms with E-state index in [9.17, 15) is 14.9 Å². The zero-order valence-electron chi connectivity index (χ0n) is 20.6. The minimum atomic E-state index is -0.400. The first-order chi connectivity index (χ1) is 18.6. The van der Waals surface area contributed by atoms with E-state index in [1.165, 1.54) is 4.57 Å². The fourth-order valence-corrected chi connectivity index (χ4v) is 5.37. The van der Waals surface area contributed by atoms with Gasteiger partial charge >= 0.3 is 0 Å². The molecule has 2 aromatic carbocycles. The van der Waals surface area contributed by atoms with Crippen LogP contribution in [0.15, 0.2) is 84.3 Å². The highest BCUT2D eigenvalue weighted by atomic mass is 32.1. The second-order valence-corrected chi connectivity index (χ2v) is 9.62. The van der Waals surface area contributed by atoms with E-state index >= 15 is 0 Å². The molecule has 38 heavy (non-hydrogen) atoms. The molecule has 0 unspecified atom stereocenters. The van der Waals surface area contributed by atoms with Crippen LogP contribution >= 0.6 is 11.3 Å². The van der Waals surface area contributed by atoms with E-state index in [2.05, 4.69) is 12.6 Å². The normalized spacial score (nSPS) is 14.7. The first-order valence-corrected chi connectivity index (χ1v) is 13.0. The van der Waals surface area contributed by atoms with E-state index in [1.54, 1.807) is 21.7 Å². The highest BCUT2D eigenvalue weighted by Crippen LogP contribution is 2.24. The Morgan fingerprint density at radius 3 is 2.45 bits per heavy atom. The lowest BCUT2D eigenvalue weighted by Crippen LogP contribution is -2.42. The average Bonchev–Trinajstić information content (AvgIpc) is 3.52. The summed E-state index contributed by atoms with van der Waals surface area (Å²) in [4.78, 5) is 28.3. The standard InChI is InChI=1S/C29H25N5O3S/c1-2-13-33-28(36)25(38-29(33)24(19-30)27(35)32-14-16-37-17-15-32)18-22-20-34(23-11-7-4-8-12-23)31-26(22)21-9-5-3-6-10-21/h2-12,18,20H,1,13-17H2/b25-18+,29-24+. The molecule has 5 rings (SSSR count). The first kappa shape index (κ1) is 25.1. The summed E-state index contributed by atoms with van der Waals surface area (Å²) in [7, 11) is 0. The predicted octanol–water partition coefficient (Wildman–Crippen LogP) is 2.31. The van der Waals surface area contributed by atoms with Crippen LogP contribution in [0, 0.1) is 11.3 Å². The summed E-state index contributed by atoms with van der Waals surface area (Å²) in [5.74, 6) is -0.400. The van der Waals surface area contributed by atoms with Crippen LogP contribution < -0.4 is 14.8 Å². The summed E-state index contributed by atoms with van der Waals surface area (Å²) in [5.41, 5.74) is 2.90. The van der Waals surface area contributed by atoms with Gasteiger partial charge in [-0.2, -0.15) is 10.4 Å². The number of ether oxygens (including phenoxy) is 1. The lowest BCUT2D eigenvalue weighted by molar-refractivity contribution is -0.128. The van der Waals surface area contributed by atoms with Crippen molar-refractivity contribution in [3.05, 3.63) is 105 Å². The molecule has 1 saturated heterocycles. The molecule has 4 aromatic rings. The number of amides is 1. The van der Waals surface area contributed by atoms with Crippen molar-refractivity contribution in [2.45, 2.75) is 6.54 Å². The number of benzene rings is 2. The Balaban J connectivity index is 1.71. The molecule has 1 amide bonds. The lowest BCUT2D eigenvalue weighted by atomic mass is 10.1. The van der Waals surface area contributed by atoms with Gasteiger partial charge in [-0.1, -0.05) is 54.6 Å². The molecule has 0 radical (unpaired) electrons. The summed E-state index contributed by atoms with van der Waals surface area (Å²) < 4.78 is 9.26. The van der Waals surface area contributed by atoms with Crippen LogP contribution in [0.3, 0.4) is 0 Å². The van der Waals surface area contributed by atoms with Crippen molar-refractivity contribution in [1.82, 2.24) is 19.2 Å². The van der Waals surface area contributed by atoms with Crippen LogP contribution in [0.25, 0.3) is 28.6 Å². The number of thiazole rings is 1. The number of carbonyl (C=O) groups is 1. The van der Waals surface area contributed by atoms with Crippen molar-refractivity contribution in [3.63, 3.8) is 0 Å². The zero-order valence-corrected chi connectivity index (χ0v) is 21.4. The highest BCUT2D eigenvalue weighted by molar-refractivity contribution is 7.07. The second-order valence-electron chi connectivity index (χ2n) is 8.59. The molecular formula is C29H25N5O3S. The van der Waals surface area contributed by atoms with Crippen molar-refractivity contribution in [2.24, 2.45) is 0 Å². The molecule has 1 aliphatic heterocycles. The molecule has 8 nitrogen and oxygen atoms in total. The number of rotatable bonds is 6. The fraction of sp³-hybridized carbons (Fsp3) is 0.172. The second kappa shape index (κ2) is 11.3. The highest BCUT2D eigenvalue weighted by Gasteiger charge is 2.23. The van der Waals surface area contributed by atoms with Crippen LogP contribution in [-0.4, -0.2) is 51.5 Å². The maximum absolute atomic E-state index is 13.5. The van der Waals surface area contributed by atoms with Crippen LogP contribution in [-0.2, 0) is 16.1 Å². The Morgan fingerprint density at radius 2 is 1.79 bits per heavy atom. The van der Waals surface area contributed by atoms with Gasteiger partial charge in [0.25, 0.3) is 11.5 Å². The number of morpholine rings is 1. The molecule has 0 saturated carbocycles. The number of hydrogen-bond donors (Lipinski definition) is 0. The van der Waals surface area contributed by atoms with Crippen LogP contribution in [0.2, 0.25) is 0 Å². The summed E-state index contributed by atoms with van der Waals surface area (Å²) in [6.07, 6.45) is 5.24. The smallest absolute Gasteiger partial charge is 0.269 e. The Hall–Kier alpha value is -4.52. The lowest BCUT2D eigenvalue weighted by Gasteiger charge is -2.26. The van der Waals surface area contributed by atoms with Gasteiger partial charge in [-0.15, -0.1) is 17.9 Å². The topological polar surface area (TPSA) is 93.2 Å². The monoisotopic (exact) mass is 523 g/mol.